The maximum atomic E-state index is 10.3. The highest BCUT2D eigenvalue weighted by molar-refractivity contribution is 5.66. The molecule has 0 amide bonds. The predicted molar refractivity (Wildman–Crippen MR) is 79.4 cm³/mol. The molecule has 1 N–H and O–H groups in total. The normalized spacial score (nSPS) is 10.4. The molecule has 0 heterocycles. The Labute approximate surface area is 115 Å². The number of carbonyl (C=O) groups is 1. The second-order valence-corrected chi connectivity index (χ2v) is 3.82. The Morgan fingerprint density at radius 2 is 1.79 bits per heavy atom. The molecule has 2 heteroatoms. The van der Waals surface area contributed by atoms with Crippen molar-refractivity contribution >= 4 is 5.97 Å². The van der Waals surface area contributed by atoms with E-state index in [1.807, 2.05) is 25.2 Å². The summed E-state index contributed by atoms with van der Waals surface area (Å²) >= 11 is 0. The molecule has 2 nitrogen and oxygen atoms in total. The van der Waals surface area contributed by atoms with E-state index in [0.29, 0.717) is 0 Å². The highest BCUT2D eigenvalue weighted by Crippen LogP contribution is 2.03. The van der Waals surface area contributed by atoms with E-state index >= 15 is 0 Å². The van der Waals surface area contributed by atoms with Crippen molar-refractivity contribution in [2.75, 3.05) is 0 Å². The quantitative estimate of drug-likeness (QED) is 0.428. The average molecular weight is 256 g/mol. The van der Waals surface area contributed by atoms with Gasteiger partial charge in [0.1, 0.15) is 0 Å². The van der Waals surface area contributed by atoms with Crippen LogP contribution in [0.3, 0.4) is 0 Å². The number of allylic oxidation sites excluding steroid dienone is 6. The Bertz CT molecular complexity index is 445. The lowest BCUT2D eigenvalue weighted by molar-refractivity contribution is -0.137. The van der Waals surface area contributed by atoms with E-state index in [0.717, 1.165) is 25.7 Å². The zero-order valence-corrected chi connectivity index (χ0v) is 11.4. The first-order chi connectivity index (χ1) is 9.27. The number of carboxylic acids is 1. The predicted octanol–water partition coefficient (Wildman–Crippen LogP) is 3.72. The van der Waals surface area contributed by atoms with E-state index < -0.39 is 5.97 Å². The number of aliphatic carboxylic acids is 1. The van der Waals surface area contributed by atoms with Gasteiger partial charge in [-0.3, -0.25) is 4.79 Å². The van der Waals surface area contributed by atoms with E-state index in [1.54, 1.807) is 12.2 Å². The van der Waals surface area contributed by atoms with E-state index in [2.05, 4.69) is 29.8 Å². The maximum absolute atomic E-state index is 10.3. The monoisotopic (exact) mass is 256 g/mol. The van der Waals surface area contributed by atoms with Gasteiger partial charge in [-0.2, -0.15) is 0 Å². The number of unbranched alkanes of at least 4 members (excludes halogenated alkanes) is 3. The number of hydrogen-bond acceptors (Lipinski definition) is 1. The largest absolute Gasteiger partial charge is 0.481 e. The van der Waals surface area contributed by atoms with Gasteiger partial charge in [-0.25, -0.2) is 0 Å². The first kappa shape index (κ1) is 16.8. The van der Waals surface area contributed by atoms with Crippen molar-refractivity contribution in [1.29, 1.82) is 0 Å². The summed E-state index contributed by atoms with van der Waals surface area (Å²) in [7, 11) is 0. The molecule has 0 aromatic carbocycles. The lowest BCUT2D eigenvalue weighted by Gasteiger charge is -1.94. The molecule has 0 fully saturated rings. The zero-order chi connectivity index (χ0) is 14.2. The molecule has 0 radical (unpaired) electrons. The van der Waals surface area contributed by atoms with Gasteiger partial charge < -0.3 is 5.11 Å². The van der Waals surface area contributed by atoms with Crippen LogP contribution < -0.4 is 0 Å². The van der Waals surface area contributed by atoms with Crippen molar-refractivity contribution in [3.05, 3.63) is 36.5 Å². The van der Waals surface area contributed by atoms with Crippen molar-refractivity contribution in [2.45, 2.75) is 39.0 Å². The van der Waals surface area contributed by atoms with Gasteiger partial charge >= 0.3 is 5.97 Å². The van der Waals surface area contributed by atoms with Crippen LogP contribution in [0.2, 0.25) is 0 Å². The Morgan fingerprint density at radius 1 is 1.05 bits per heavy atom. The van der Waals surface area contributed by atoms with Crippen molar-refractivity contribution in [1.82, 2.24) is 0 Å². The van der Waals surface area contributed by atoms with Gasteiger partial charge in [0, 0.05) is 6.42 Å². The molecule has 0 bridgehead atoms. The third kappa shape index (κ3) is 15.8. The lowest BCUT2D eigenvalue weighted by atomic mass is 10.1. The molecular weight excluding hydrogens is 236 g/mol. The number of rotatable bonds is 7. The van der Waals surface area contributed by atoms with Crippen molar-refractivity contribution < 1.29 is 9.90 Å². The third-order valence-corrected chi connectivity index (χ3v) is 2.15. The fourth-order valence-electron chi connectivity index (χ4n) is 1.23. The lowest BCUT2D eigenvalue weighted by Crippen LogP contribution is -1.93. The van der Waals surface area contributed by atoms with Gasteiger partial charge in [-0.15, -0.1) is 0 Å². The molecule has 0 aromatic rings. The molecule has 19 heavy (non-hydrogen) atoms. The second-order valence-electron chi connectivity index (χ2n) is 3.82. The third-order valence-electron chi connectivity index (χ3n) is 2.15. The molecule has 0 rings (SSSR count). The molecule has 0 saturated heterocycles. The Hall–Kier alpha value is -2.19. The van der Waals surface area contributed by atoms with Gasteiger partial charge in [-0.05, 0) is 50.2 Å². The van der Waals surface area contributed by atoms with Gasteiger partial charge in [0.05, 0.1) is 0 Å². The summed E-state index contributed by atoms with van der Waals surface area (Å²) in [6.07, 6.45) is 15.2. The smallest absolute Gasteiger partial charge is 0.303 e. The van der Waals surface area contributed by atoms with Crippen LogP contribution in [0.15, 0.2) is 36.5 Å². The van der Waals surface area contributed by atoms with Crippen LogP contribution >= 0.6 is 0 Å². The molecule has 100 valence electrons. The summed E-state index contributed by atoms with van der Waals surface area (Å²) < 4.78 is 0. The van der Waals surface area contributed by atoms with Crippen LogP contribution in [0.1, 0.15) is 39.0 Å². The van der Waals surface area contributed by atoms with Gasteiger partial charge in [0.15, 0.2) is 0 Å². The summed E-state index contributed by atoms with van der Waals surface area (Å²) in [5.41, 5.74) is 0. The topological polar surface area (TPSA) is 37.3 Å². The van der Waals surface area contributed by atoms with Gasteiger partial charge in [0.2, 0.25) is 0 Å². The average Bonchev–Trinajstić information content (AvgIpc) is 2.39. The second kappa shape index (κ2) is 13.9. The van der Waals surface area contributed by atoms with Crippen molar-refractivity contribution in [3.63, 3.8) is 0 Å². The minimum Gasteiger partial charge on any atom is -0.481 e. The zero-order valence-electron chi connectivity index (χ0n) is 11.4. The molecule has 0 unspecified atom stereocenters. The Kier molecular flexibility index (Phi) is 12.3. The van der Waals surface area contributed by atoms with E-state index in [4.69, 9.17) is 5.11 Å². The van der Waals surface area contributed by atoms with Crippen LogP contribution in [0.5, 0.6) is 0 Å². The summed E-state index contributed by atoms with van der Waals surface area (Å²) in [5, 5.41) is 8.46. The molecule has 0 saturated carbocycles. The van der Waals surface area contributed by atoms with Crippen LogP contribution in [0.4, 0.5) is 0 Å². The highest BCUT2D eigenvalue weighted by atomic mass is 16.4. The first-order valence-corrected chi connectivity index (χ1v) is 6.43. The van der Waals surface area contributed by atoms with Crippen molar-refractivity contribution in [3.8, 4) is 23.7 Å². The molecule has 0 spiro atoms. The summed E-state index contributed by atoms with van der Waals surface area (Å²) in [6.45, 7) is 1.91. The Morgan fingerprint density at radius 3 is 2.47 bits per heavy atom. The molecule has 0 aliphatic rings. The fourth-order valence-corrected chi connectivity index (χ4v) is 1.23. The summed E-state index contributed by atoms with van der Waals surface area (Å²) in [4.78, 5) is 10.3. The van der Waals surface area contributed by atoms with E-state index in [9.17, 15) is 4.79 Å². The van der Waals surface area contributed by atoms with Gasteiger partial charge in [0.25, 0.3) is 0 Å². The molecule has 0 atom stereocenters. The number of carboxylic acid groups (broad SMARTS) is 1. The fraction of sp³-hybridized carbons (Fsp3) is 0.353. The molecular formula is C17H20O2. The van der Waals surface area contributed by atoms with Crippen molar-refractivity contribution in [2.24, 2.45) is 0 Å². The highest BCUT2D eigenvalue weighted by Gasteiger charge is 1.94. The van der Waals surface area contributed by atoms with E-state index in [-0.39, 0.29) is 6.42 Å². The van der Waals surface area contributed by atoms with Gasteiger partial charge in [-0.1, -0.05) is 42.6 Å². The molecule has 0 aliphatic carbocycles. The molecule has 0 aliphatic heterocycles. The summed E-state index contributed by atoms with van der Waals surface area (Å²) in [5.74, 6) is 10.3. The van der Waals surface area contributed by atoms with Crippen LogP contribution in [0, 0.1) is 23.7 Å². The summed E-state index contributed by atoms with van der Waals surface area (Å²) in [6, 6.07) is 0. The minimum atomic E-state index is -0.713. The standard InChI is InChI=1S/C17H20O2/c1-2-3-4-5-6-7-8-9-10-11-12-13-14-15-16-17(18)19/h2-3,8-11H,12-16H2,1H3,(H,18,19). The number of hydrogen-bond donors (Lipinski definition) is 1. The minimum absolute atomic E-state index is 0.271. The molecule has 0 aromatic heterocycles. The van der Waals surface area contributed by atoms with Crippen LogP contribution in [0.25, 0.3) is 0 Å². The van der Waals surface area contributed by atoms with Crippen LogP contribution in [-0.4, -0.2) is 11.1 Å². The Balaban J connectivity index is 3.58. The van der Waals surface area contributed by atoms with Crippen LogP contribution in [-0.2, 0) is 4.79 Å². The maximum Gasteiger partial charge on any atom is 0.303 e. The van der Waals surface area contributed by atoms with E-state index in [1.165, 1.54) is 0 Å². The first-order valence-electron chi connectivity index (χ1n) is 6.43. The SMILES string of the molecule is CC=CC#CC#CC=CC=CCCCCCC(=O)O.